The number of hydrogen-bond acceptors (Lipinski definition) is 1. The molecule has 0 saturated carbocycles. The number of rotatable bonds is 13. The van der Waals surface area contributed by atoms with Gasteiger partial charge in [0, 0.05) is 11.3 Å². The average Bonchev–Trinajstić information content (AvgIpc) is 2.74. The van der Waals surface area contributed by atoms with Crippen LogP contribution in [0.1, 0.15) is 72.8 Å². The number of benzene rings is 1. The lowest BCUT2D eigenvalue weighted by Gasteiger charge is -2.22. The zero-order chi connectivity index (χ0) is 22.4. The zero-order valence-corrected chi connectivity index (χ0v) is 19.8. The molecule has 3 atom stereocenters. The van der Waals surface area contributed by atoms with Gasteiger partial charge in [0.15, 0.2) is 0 Å². The highest BCUT2D eigenvalue weighted by Crippen LogP contribution is 2.30. The highest BCUT2D eigenvalue weighted by atomic mass is 16.1. The highest BCUT2D eigenvalue weighted by Gasteiger charge is 2.17. The molecule has 164 valence electrons. The first-order valence-corrected chi connectivity index (χ1v) is 11.4. The van der Waals surface area contributed by atoms with E-state index in [-0.39, 0.29) is 0 Å². The summed E-state index contributed by atoms with van der Waals surface area (Å²) < 4.78 is 0. The first-order chi connectivity index (χ1) is 14.4. The number of carbonyl (C=O) groups excluding carboxylic acids is 1. The predicted molar refractivity (Wildman–Crippen MR) is 132 cm³/mol. The molecule has 0 aromatic heterocycles. The molecule has 0 aliphatic heterocycles. The molecule has 0 aliphatic rings. The molecule has 0 saturated heterocycles. The fraction of sp³-hybridized carbons (Fsp3) is 0.464. The lowest BCUT2D eigenvalue weighted by Crippen LogP contribution is -2.17. The molecule has 30 heavy (non-hydrogen) atoms. The molecule has 1 aromatic rings. The van der Waals surface area contributed by atoms with E-state index in [2.05, 4.69) is 89.4 Å². The fourth-order valence-electron chi connectivity index (χ4n) is 3.64. The van der Waals surface area contributed by atoms with Gasteiger partial charge in [0.2, 0.25) is 6.41 Å². The highest BCUT2D eigenvalue weighted by molar-refractivity contribution is 5.83. The maximum atomic E-state index is 11.4. The summed E-state index contributed by atoms with van der Waals surface area (Å²) in [6, 6.07) is 10.3. The number of hydrogen-bond donors (Lipinski definition) is 1. The summed E-state index contributed by atoms with van der Waals surface area (Å²) in [5.41, 5.74) is 4.48. The second kappa shape index (κ2) is 14.6. The summed E-state index contributed by atoms with van der Waals surface area (Å²) in [4.78, 5) is 11.4. The van der Waals surface area contributed by atoms with Crippen molar-refractivity contribution >= 4 is 12.0 Å². The average molecular weight is 408 g/mol. The molecule has 1 aromatic carbocycles. The second-order valence-electron chi connectivity index (χ2n) is 8.31. The summed E-state index contributed by atoms with van der Waals surface area (Å²) >= 11 is 0. The summed E-state index contributed by atoms with van der Waals surface area (Å²) in [5.74, 6) is 1.40. The Morgan fingerprint density at radius 2 is 1.73 bits per heavy atom. The van der Waals surface area contributed by atoms with Gasteiger partial charge < -0.3 is 5.32 Å². The molecule has 0 aliphatic carbocycles. The lowest BCUT2D eigenvalue weighted by molar-refractivity contribution is -0.108. The number of amides is 1. The van der Waals surface area contributed by atoms with Crippen LogP contribution >= 0.6 is 0 Å². The van der Waals surface area contributed by atoms with Crippen molar-refractivity contribution in [1.82, 2.24) is 5.32 Å². The first-order valence-electron chi connectivity index (χ1n) is 11.4. The van der Waals surface area contributed by atoms with Gasteiger partial charge in [0.1, 0.15) is 0 Å². The van der Waals surface area contributed by atoms with E-state index in [0.717, 1.165) is 48.9 Å². The van der Waals surface area contributed by atoms with Crippen LogP contribution in [0.5, 0.6) is 0 Å². The van der Waals surface area contributed by atoms with Crippen LogP contribution in [-0.2, 0) is 4.79 Å². The van der Waals surface area contributed by atoms with Crippen LogP contribution in [0.2, 0.25) is 0 Å². The van der Waals surface area contributed by atoms with Gasteiger partial charge in [-0.2, -0.15) is 0 Å². The van der Waals surface area contributed by atoms with Crippen LogP contribution in [0.3, 0.4) is 0 Å². The number of nitrogens with one attached hydrogen (secondary N) is 1. The van der Waals surface area contributed by atoms with Gasteiger partial charge in [-0.15, -0.1) is 0 Å². The van der Waals surface area contributed by atoms with Crippen molar-refractivity contribution in [3.8, 4) is 0 Å². The van der Waals surface area contributed by atoms with Crippen molar-refractivity contribution in [1.29, 1.82) is 0 Å². The van der Waals surface area contributed by atoms with E-state index < -0.39 is 0 Å². The SMILES string of the molecule is CC/C=C\C/C=C\C(C)CC(C)C(C)/C=C(/NC=O)C(=C(C)CC)c1ccccc1. The van der Waals surface area contributed by atoms with Crippen LogP contribution in [0, 0.1) is 17.8 Å². The third-order valence-corrected chi connectivity index (χ3v) is 5.71. The molecule has 2 nitrogen and oxygen atoms in total. The Balaban J connectivity index is 3.00. The van der Waals surface area contributed by atoms with Crippen LogP contribution in [-0.4, -0.2) is 6.41 Å². The Morgan fingerprint density at radius 3 is 2.33 bits per heavy atom. The van der Waals surface area contributed by atoms with Crippen LogP contribution in [0.15, 0.2) is 72.0 Å². The largest absolute Gasteiger partial charge is 0.328 e. The Hall–Kier alpha value is -2.35. The Morgan fingerprint density at radius 1 is 1.03 bits per heavy atom. The van der Waals surface area contributed by atoms with Crippen molar-refractivity contribution in [2.24, 2.45) is 17.8 Å². The Labute approximate surface area is 184 Å². The molecular weight excluding hydrogens is 366 g/mol. The molecule has 0 fully saturated rings. The first kappa shape index (κ1) is 25.7. The summed E-state index contributed by atoms with van der Waals surface area (Å²) in [6.07, 6.45) is 16.2. The summed E-state index contributed by atoms with van der Waals surface area (Å²) in [5, 5.41) is 2.99. The van der Waals surface area contributed by atoms with Gasteiger partial charge in [-0.1, -0.05) is 101 Å². The van der Waals surface area contributed by atoms with Crippen LogP contribution in [0.25, 0.3) is 5.57 Å². The van der Waals surface area contributed by atoms with Gasteiger partial charge >= 0.3 is 0 Å². The summed E-state index contributed by atoms with van der Waals surface area (Å²) in [7, 11) is 0. The molecule has 2 heteroatoms. The van der Waals surface area contributed by atoms with Gasteiger partial charge in [-0.3, -0.25) is 4.79 Å². The van der Waals surface area contributed by atoms with Crippen molar-refractivity contribution < 1.29 is 4.79 Å². The van der Waals surface area contributed by atoms with Crippen LogP contribution in [0.4, 0.5) is 0 Å². The topological polar surface area (TPSA) is 29.1 Å². The monoisotopic (exact) mass is 407 g/mol. The number of allylic oxidation sites excluding steroid dienone is 7. The minimum atomic E-state index is 0.353. The quantitative estimate of drug-likeness (QED) is 0.202. The van der Waals surface area contributed by atoms with Gasteiger partial charge in [0.05, 0.1) is 0 Å². The smallest absolute Gasteiger partial charge is 0.211 e. The van der Waals surface area contributed by atoms with Crippen molar-refractivity contribution in [3.05, 3.63) is 77.5 Å². The minimum Gasteiger partial charge on any atom is -0.328 e. The molecule has 0 spiro atoms. The van der Waals surface area contributed by atoms with Crippen molar-refractivity contribution in [2.45, 2.75) is 67.2 Å². The third kappa shape index (κ3) is 8.98. The molecule has 0 heterocycles. The van der Waals surface area contributed by atoms with E-state index in [1.165, 1.54) is 5.57 Å². The maximum absolute atomic E-state index is 11.4. The lowest BCUT2D eigenvalue weighted by atomic mass is 9.85. The molecule has 0 radical (unpaired) electrons. The van der Waals surface area contributed by atoms with E-state index in [1.807, 2.05) is 18.2 Å². The van der Waals surface area contributed by atoms with E-state index in [0.29, 0.717) is 17.8 Å². The van der Waals surface area contributed by atoms with Gasteiger partial charge in [-0.25, -0.2) is 0 Å². The Bertz CT molecular complexity index is 739. The van der Waals surface area contributed by atoms with Crippen molar-refractivity contribution in [2.75, 3.05) is 0 Å². The summed E-state index contributed by atoms with van der Waals surface area (Å²) in [6.45, 7) is 13.3. The minimum absolute atomic E-state index is 0.353. The van der Waals surface area contributed by atoms with Gasteiger partial charge in [0.25, 0.3) is 0 Å². The Kier molecular flexibility index (Phi) is 12.5. The van der Waals surface area contributed by atoms with Gasteiger partial charge in [-0.05, 0) is 55.9 Å². The van der Waals surface area contributed by atoms with E-state index in [4.69, 9.17) is 0 Å². The third-order valence-electron chi connectivity index (χ3n) is 5.71. The van der Waals surface area contributed by atoms with Crippen molar-refractivity contribution in [3.63, 3.8) is 0 Å². The fourth-order valence-corrected chi connectivity index (χ4v) is 3.64. The molecular formula is C28H41NO. The van der Waals surface area contributed by atoms with E-state index in [9.17, 15) is 4.79 Å². The maximum Gasteiger partial charge on any atom is 0.211 e. The standard InChI is InChI=1S/C28H41NO/c1-7-9-10-11-13-16-22(3)19-24(5)25(6)20-27(29-21-30)28(23(4)8-2)26-17-14-12-15-18-26/h9-10,12-18,20-22,24-25H,7-8,11,19H2,1-6H3,(H,29,30)/b10-9-,16-13-,27-20+,28-23?. The molecule has 1 amide bonds. The second-order valence-corrected chi connectivity index (χ2v) is 8.31. The zero-order valence-electron chi connectivity index (χ0n) is 19.8. The molecule has 1 rings (SSSR count). The predicted octanol–water partition coefficient (Wildman–Crippen LogP) is 7.71. The number of carbonyl (C=O) groups is 1. The van der Waals surface area contributed by atoms with E-state index in [1.54, 1.807) is 0 Å². The molecule has 3 unspecified atom stereocenters. The normalized spacial score (nSPS) is 16.4. The molecule has 1 N–H and O–H groups in total. The molecule has 0 bridgehead atoms. The van der Waals surface area contributed by atoms with E-state index >= 15 is 0 Å². The van der Waals surface area contributed by atoms with Crippen LogP contribution < -0.4 is 5.32 Å².